The average molecular weight is 240 g/mol. The van der Waals surface area contributed by atoms with Gasteiger partial charge in [-0.25, -0.2) is 0 Å². The second-order valence-electron chi connectivity index (χ2n) is 5.23. The summed E-state index contributed by atoms with van der Waals surface area (Å²) in [5, 5.41) is 1.00. The first-order chi connectivity index (χ1) is 8.66. The molecule has 3 rings (SSSR count). The Morgan fingerprint density at radius 2 is 2.11 bits per heavy atom. The number of para-hydroxylation sites is 1. The van der Waals surface area contributed by atoms with Gasteiger partial charge in [-0.05, 0) is 31.4 Å². The van der Waals surface area contributed by atoms with Crippen LogP contribution in [0.2, 0.25) is 0 Å². The minimum atomic E-state index is -0.261. The van der Waals surface area contributed by atoms with E-state index in [-0.39, 0.29) is 11.3 Å². The molecule has 0 spiro atoms. The number of pyridine rings is 1. The number of benzene rings is 1. The Labute approximate surface area is 106 Å². The maximum Gasteiger partial charge on any atom is 0.166 e. The molecule has 0 aliphatic heterocycles. The highest BCUT2D eigenvalue weighted by molar-refractivity contribution is 5.99. The van der Waals surface area contributed by atoms with Gasteiger partial charge in [-0.15, -0.1) is 0 Å². The molecule has 18 heavy (non-hydrogen) atoms. The molecule has 1 aliphatic rings. The molecule has 3 heteroatoms. The summed E-state index contributed by atoms with van der Waals surface area (Å²) in [6.07, 6.45) is 5.15. The fourth-order valence-electron chi connectivity index (χ4n) is 2.45. The first-order valence-corrected chi connectivity index (χ1v) is 6.33. The number of nitrogens with zero attached hydrogens (tertiary/aromatic N) is 1. The van der Waals surface area contributed by atoms with Gasteiger partial charge in [0.1, 0.15) is 0 Å². The number of carbonyl (C=O) groups is 1. The molecule has 1 aromatic heterocycles. The van der Waals surface area contributed by atoms with E-state index in [0.29, 0.717) is 12.0 Å². The molecule has 1 aliphatic carbocycles. The van der Waals surface area contributed by atoms with Crippen molar-refractivity contribution in [2.24, 2.45) is 5.73 Å². The van der Waals surface area contributed by atoms with Crippen molar-refractivity contribution in [1.82, 2.24) is 4.98 Å². The third-order valence-corrected chi connectivity index (χ3v) is 3.77. The van der Waals surface area contributed by atoms with Gasteiger partial charge in [0.25, 0.3) is 0 Å². The Kier molecular flexibility index (Phi) is 2.63. The highest BCUT2D eigenvalue weighted by Crippen LogP contribution is 2.33. The lowest BCUT2D eigenvalue weighted by atomic mass is 9.74. The number of nitrogens with two attached hydrogens (primary N) is 1. The number of hydrogen-bond donors (Lipinski definition) is 1. The fourth-order valence-corrected chi connectivity index (χ4v) is 2.45. The second-order valence-corrected chi connectivity index (χ2v) is 5.23. The highest BCUT2D eigenvalue weighted by atomic mass is 16.1. The highest BCUT2D eigenvalue weighted by Gasteiger charge is 2.34. The maximum atomic E-state index is 12.2. The van der Waals surface area contributed by atoms with Gasteiger partial charge in [0.05, 0.1) is 5.52 Å². The molecule has 3 nitrogen and oxygen atoms in total. The summed E-state index contributed by atoms with van der Waals surface area (Å²) in [7, 11) is 0. The zero-order valence-electron chi connectivity index (χ0n) is 10.2. The zero-order valence-corrected chi connectivity index (χ0v) is 10.2. The third-order valence-electron chi connectivity index (χ3n) is 3.77. The van der Waals surface area contributed by atoms with Crippen molar-refractivity contribution in [3.63, 3.8) is 0 Å². The number of Topliss-reactive ketones (excluding diaryl/α,β-unsaturated/α-hetero) is 1. The molecule has 2 aromatic rings. The van der Waals surface area contributed by atoms with Crippen molar-refractivity contribution in [2.75, 3.05) is 0 Å². The van der Waals surface area contributed by atoms with Gasteiger partial charge in [-0.2, -0.15) is 0 Å². The molecule has 1 fully saturated rings. The van der Waals surface area contributed by atoms with Crippen LogP contribution in [0.1, 0.15) is 36.0 Å². The zero-order chi connectivity index (χ0) is 12.6. The topological polar surface area (TPSA) is 56.0 Å². The normalized spacial score (nSPS) is 17.4. The van der Waals surface area contributed by atoms with Gasteiger partial charge in [-0.3, -0.25) is 9.78 Å². The van der Waals surface area contributed by atoms with Crippen LogP contribution in [0.25, 0.3) is 10.9 Å². The van der Waals surface area contributed by atoms with Crippen LogP contribution < -0.4 is 5.73 Å². The predicted molar refractivity (Wildman–Crippen MR) is 71.5 cm³/mol. The number of carbonyl (C=O) groups excluding carboxylic acids is 1. The fraction of sp³-hybridized carbons (Fsp3) is 0.333. The van der Waals surface area contributed by atoms with Gasteiger partial charge in [0.15, 0.2) is 5.78 Å². The molecule has 0 atom stereocenters. The first-order valence-electron chi connectivity index (χ1n) is 6.33. The largest absolute Gasteiger partial charge is 0.325 e. The van der Waals surface area contributed by atoms with Gasteiger partial charge < -0.3 is 5.73 Å². The Morgan fingerprint density at radius 1 is 1.33 bits per heavy atom. The molecule has 2 N–H and O–H groups in total. The van der Waals surface area contributed by atoms with E-state index in [1.54, 1.807) is 6.20 Å². The lowest BCUT2D eigenvalue weighted by Gasteiger charge is -2.37. The van der Waals surface area contributed by atoms with Crippen LogP contribution >= 0.6 is 0 Å². The first kappa shape index (κ1) is 11.4. The van der Waals surface area contributed by atoms with E-state index in [9.17, 15) is 4.79 Å². The van der Waals surface area contributed by atoms with Crippen molar-refractivity contribution in [1.29, 1.82) is 0 Å². The van der Waals surface area contributed by atoms with Crippen molar-refractivity contribution >= 4 is 16.7 Å². The number of ketones is 1. The monoisotopic (exact) mass is 240 g/mol. The van der Waals surface area contributed by atoms with E-state index in [0.717, 1.165) is 30.2 Å². The summed E-state index contributed by atoms with van der Waals surface area (Å²) in [6, 6.07) is 9.72. The molecule has 0 radical (unpaired) electrons. The van der Waals surface area contributed by atoms with Crippen LogP contribution in [0.3, 0.4) is 0 Å². The van der Waals surface area contributed by atoms with Gasteiger partial charge in [0, 0.05) is 29.1 Å². The van der Waals surface area contributed by atoms with Crippen molar-refractivity contribution in [2.45, 2.75) is 31.2 Å². The summed E-state index contributed by atoms with van der Waals surface area (Å²) < 4.78 is 0. The van der Waals surface area contributed by atoms with Crippen molar-refractivity contribution in [3.05, 3.63) is 42.1 Å². The quantitative estimate of drug-likeness (QED) is 0.839. The molecule has 1 aromatic carbocycles. The Morgan fingerprint density at radius 3 is 2.83 bits per heavy atom. The van der Waals surface area contributed by atoms with Crippen LogP contribution in [-0.2, 0) is 0 Å². The van der Waals surface area contributed by atoms with E-state index in [1.165, 1.54) is 0 Å². The minimum absolute atomic E-state index is 0.107. The van der Waals surface area contributed by atoms with E-state index in [2.05, 4.69) is 4.98 Å². The van der Waals surface area contributed by atoms with E-state index < -0.39 is 0 Å². The van der Waals surface area contributed by atoms with Gasteiger partial charge in [-0.1, -0.05) is 18.2 Å². The maximum absolute atomic E-state index is 12.2. The predicted octanol–water partition coefficient (Wildman–Crippen LogP) is 2.69. The average Bonchev–Trinajstić information content (AvgIpc) is 2.36. The standard InChI is InChI=1S/C15H16N2O/c16-15(6-3-7-15)9-14(18)12-8-11-4-1-2-5-13(11)17-10-12/h1-2,4-5,8,10H,3,6-7,9,16H2. The summed E-state index contributed by atoms with van der Waals surface area (Å²) in [5.41, 5.74) is 7.44. The van der Waals surface area contributed by atoms with Crippen LogP contribution in [0.15, 0.2) is 36.5 Å². The summed E-state index contributed by atoms with van der Waals surface area (Å²) in [5.74, 6) is 0.107. The third kappa shape index (κ3) is 2.02. The van der Waals surface area contributed by atoms with Gasteiger partial charge >= 0.3 is 0 Å². The minimum Gasteiger partial charge on any atom is -0.325 e. The molecule has 92 valence electrons. The Bertz CT molecular complexity index is 602. The number of fused-ring (bicyclic) bond motifs is 1. The van der Waals surface area contributed by atoms with Crippen LogP contribution in [-0.4, -0.2) is 16.3 Å². The number of hydrogen-bond acceptors (Lipinski definition) is 3. The molecular weight excluding hydrogens is 224 g/mol. The molecule has 0 bridgehead atoms. The molecule has 0 saturated heterocycles. The van der Waals surface area contributed by atoms with Crippen molar-refractivity contribution in [3.8, 4) is 0 Å². The molecule has 0 amide bonds. The lowest BCUT2D eigenvalue weighted by Crippen LogP contribution is -2.48. The Hall–Kier alpha value is -1.74. The molecule has 1 saturated carbocycles. The van der Waals surface area contributed by atoms with E-state index in [4.69, 9.17) is 5.73 Å². The summed E-state index contributed by atoms with van der Waals surface area (Å²) in [4.78, 5) is 16.5. The summed E-state index contributed by atoms with van der Waals surface area (Å²) >= 11 is 0. The molecule has 0 unspecified atom stereocenters. The SMILES string of the molecule is NC1(CC(=O)c2cnc3ccccc3c2)CCC1. The second kappa shape index (κ2) is 4.18. The molecular formula is C15H16N2O. The van der Waals surface area contributed by atoms with Crippen LogP contribution in [0.5, 0.6) is 0 Å². The summed E-state index contributed by atoms with van der Waals surface area (Å²) in [6.45, 7) is 0. The van der Waals surface area contributed by atoms with E-state index >= 15 is 0 Å². The smallest absolute Gasteiger partial charge is 0.166 e. The van der Waals surface area contributed by atoms with Crippen LogP contribution in [0, 0.1) is 0 Å². The Balaban J connectivity index is 1.87. The van der Waals surface area contributed by atoms with Crippen LogP contribution in [0.4, 0.5) is 0 Å². The van der Waals surface area contributed by atoms with Gasteiger partial charge in [0.2, 0.25) is 0 Å². The lowest BCUT2D eigenvalue weighted by molar-refractivity contribution is 0.0912. The number of aromatic nitrogens is 1. The van der Waals surface area contributed by atoms with Crippen molar-refractivity contribution < 1.29 is 4.79 Å². The van der Waals surface area contributed by atoms with E-state index in [1.807, 2.05) is 30.3 Å². The number of rotatable bonds is 3. The molecule has 1 heterocycles.